The molecule has 0 unspecified atom stereocenters. The minimum atomic E-state index is 0.921. The highest BCUT2D eigenvalue weighted by Crippen LogP contribution is 2.27. The van der Waals surface area contributed by atoms with E-state index in [-0.39, 0.29) is 0 Å². The molecule has 0 bridgehead atoms. The number of nitrogens with zero attached hydrogens (tertiary/aromatic N) is 5. The lowest BCUT2D eigenvalue weighted by Crippen LogP contribution is -2.46. The predicted molar refractivity (Wildman–Crippen MR) is 96.0 cm³/mol. The number of pyridine rings is 1. The molecule has 5 nitrogen and oxygen atoms in total. The lowest BCUT2D eigenvalue weighted by atomic mass is 10.1. The van der Waals surface area contributed by atoms with Crippen molar-refractivity contribution in [2.75, 3.05) is 31.1 Å². The maximum Gasteiger partial charge on any atom is 0.115 e. The maximum absolute atomic E-state index is 4.65. The smallest absolute Gasteiger partial charge is 0.115 e. The molecule has 1 aromatic carbocycles. The van der Waals surface area contributed by atoms with Gasteiger partial charge in [0.25, 0.3) is 0 Å². The fourth-order valence-corrected chi connectivity index (χ4v) is 3.36. The molecule has 1 aliphatic rings. The SMILES string of the molecule is Cc1cc(N2CCN(Cc3cncnc3)CC2)c2ccccc2n1. The van der Waals surface area contributed by atoms with Crippen LogP contribution in [-0.2, 0) is 6.54 Å². The van der Waals surface area contributed by atoms with Gasteiger partial charge in [-0.05, 0) is 19.1 Å². The van der Waals surface area contributed by atoms with Crippen molar-refractivity contribution >= 4 is 16.6 Å². The van der Waals surface area contributed by atoms with Gasteiger partial charge in [-0.15, -0.1) is 0 Å². The highest BCUT2D eigenvalue weighted by Gasteiger charge is 2.19. The van der Waals surface area contributed by atoms with Gasteiger partial charge in [-0.25, -0.2) is 9.97 Å². The van der Waals surface area contributed by atoms with E-state index < -0.39 is 0 Å². The van der Waals surface area contributed by atoms with Crippen molar-refractivity contribution in [3.8, 4) is 0 Å². The number of para-hydroxylation sites is 1. The monoisotopic (exact) mass is 319 g/mol. The molecule has 1 saturated heterocycles. The summed E-state index contributed by atoms with van der Waals surface area (Å²) >= 11 is 0. The van der Waals surface area contributed by atoms with Gasteiger partial charge in [0.15, 0.2) is 0 Å². The Kier molecular flexibility index (Phi) is 4.09. The summed E-state index contributed by atoms with van der Waals surface area (Å²) < 4.78 is 0. The third-order valence-electron chi connectivity index (χ3n) is 4.56. The average Bonchev–Trinajstić information content (AvgIpc) is 2.62. The van der Waals surface area contributed by atoms with Gasteiger partial charge in [0, 0.05) is 67.4 Å². The molecule has 3 aromatic rings. The van der Waals surface area contributed by atoms with Crippen molar-refractivity contribution in [3.05, 3.63) is 60.3 Å². The van der Waals surface area contributed by atoms with E-state index in [0.717, 1.165) is 43.9 Å². The van der Waals surface area contributed by atoms with Crippen molar-refractivity contribution in [1.82, 2.24) is 19.9 Å². The molecule has 0 aliphatic carbocycles. The second-order valence-corrected chi connectivity index (χ2v) is 6.31. The van der Waals surface area contributed by atoms with Gasteiger partial charge in [-0.3, -0.25) is 9.88 Å². The molecule has 5 heteroatoms. The van der Waals surface area contributed by atoms with E-state index in [4.69, 9.17) is 0 Å². The normalized spacial score (nSPS) is 15.8. The zero-order valence-electron chi connectivity index (χ0n) is 13.9. The van der Waals surface area contributed by atoms with E-state index in [1.807, 2.05) is 12.4 Å². The van der Waals surface area contributed by atoms with Crippen molar-refractivity contribution in [2.45, 2.75) is 13.5 Å². The second kappa shape index (κ2) is 6.53. The number of aryl methyl sites for hydroxylation is 1. The van der Waals surface area contributed by atoms with Crippen LogP contribution in [0.4, 0.5) is 5.69 Å². The minimum absolute atomic E-state index is 0.921. The molecular formula is C19H21N5. The van der Waals surface area contributed by atoms with Gasteiger partial charge in [-0.1, -0.05) is 18.2 Å². The van der Waals surface area contributed by atoms with Crippen LogP contribution in [0, 0.1) is 6.92 Å². The first-order chi connectivity index (χ1) is 11.8. The Labute approximate surface area is 142 Å². The zero-order chi connectivity index (χ0) is 16.4. The first-order valence-electron chi connectivity index (χ1n) is 8.37. The first kappa shape index (κ1) is 15.0. The standard InChI is InChI=1S/C19H21N5/c1-15-10-19(17-4-2-3-5-18(17)22-15)24-8-6-23(7-9-24)13-16-11-20-14-21-12-16/h2-5,10-12,14H,6-9,13H2,1H3. The predicted octanol–water partition coefficient (Wildman–Crippen LogP) is 2.66. The molecule has 4 rings (SSSR count). The molecule has 3 heterocycles. The summed E-state index contributed by atoms with van der Waals surface area (Å²) in [5, 5.41) is 1.24. The van der Waals surface area contributed by atoms with Crippen molar-refractivity contribution in [1.29, 1.82) is 0 Å². The lowest BCUT2D eigenvalue weighted by Gasteiger charge is -2.36. The Balaban J connectivity index is 1.50. The number of fused-ring (bicyclic) bond motifs is 1. The van der Waals surface area contributed by atoms with Crippen molar-refractivity contribution in [3.63, 3.8) is 0 Å². The molecule has 122 valence electrons. The highest BCUT2D eigenvalue weighted by atomic mass is 15.3. The van der Waals surface area contributed by atoms with Crippen LogP contribution >= 0.6 is 0 Å². The summed E-state index contributed by atoms with van der Waals surface area (Å²) in [6.07, 6.45) is 5.39. The average molecular weight is 319 g/mol. The fraction of sp³-hybridized carbons (Fsp3) is 0.316. The van der Waals surface area contributed by atoms with Crippen LogP contribution in [0.25, 0.3) is 10.9 Å². The third kappa shape index (κ3) is 3.08. The van der Waals surface area contributed by atoms with Gasteiger partial charge >= 0.3 is 0 Å². The highest BCUT2D eigenvalue weighted by molar-refractivity contribution is 5.92. The van der Waals surface area contributed by atoms with Crippen LogP contribution in [0.2, 0.25) is 0 Å². The summed E-state index contributed by atoms with van der Waals surface area (Å²) in [5.41, 5.74) is 4.64. The van der Waals surface area contributed by atoms with Gasteiger partial charge in [-0.2, -0.15) is 0 Å². The molecule has 0 N–H and O–H groups in total. The van der Waals surface area contributed by atoms with Crippen molar-refractivity contribution in [2.24, 2.45) is 0 Å². The van der Waals surface area contributed by atoms with Crippen LogP contribution in [-0.4, -0.2) is 46.0 Å². The molecule has 2 aromatic heterocycles. The molecular weight excluding hydrogens is 298 g/mol. The molecule has 1 aliphatic heterocycles. The van der Waals surface area contributed by atoms with Gasteiger partial charge < -0.3 is 4.90 Å². The molecule has 1 fully saturated rings. The van der Waals surface area contributed by atoms with Gasteiger partial charge in [0.1, 0.15) is 6.33 Å². The van der Waals surface area contributed by atoms with Crippen LogP contribution in [0.1, 0.15) is 11.3 Å². The molecule has 0 saturated carbocycles. The van der Waals surface area contributed by atoms with Crippen LogP contribution < -0.4 is 4.90 Å². The molecule has 24 heavy (non-hydrogen) atoms. The van der Waals surface area contributed by atoms with E-state index in [2.05, 4.69) is 62.0 Å². The summed E-state index contributed by atoms with van der Waals surface area (Å²) in [6.45, 7) is 7.14. The Hall–Kier alpha value is -2.53. The van der Waals surface area contributed by atoms with E-state index in [1.54, 1.807) is 6.33 Å². The largest absolute Gasteiger partial charge is 0.368 e. The fourth-order valence-electron chi connectivity index (χ4n) is 3.36. The topological polar surface area (TPSA) is 45.2 Å². The van der Waals surface area contributed by atoms with Gasteiger partial charge in [0.05, 0.1) is 5.52 Å². The number of anilines is 1. The Morgan fingerprint density at radius 1 is 1.00 bits per heavy atom. The molecule has 0 radical (unpaired) electrons. The number of rotatable bonds is 3. The summed E-state index contributed by atoms with van der Waals surface area (Å²) in [4.78, 5) is 17.8. The zero-order valence-corrected chi connectivity index (χ0v) is 13.9. The van der Waals surface area contributed by atoms with E-state index in [9.17, 15) is 0 Å². The minimum Gasteiger partial charge on any atom is -0.368 e. The van der Waals surface area contributed by atoms with E-state index >= 15 is 0 Å². The first-order valence-corrected chi connectivity index (χ1v) is 8.37. The second-order valence-electron chi connectivity index (χ2n) is 6.31. The summed E-state index contributed by atoms with van der Waals surface area (Å²) in [5.74, 6) is 0. The molecule has 0 atom stereocenters. The number of piperazine rings is 1. The quantitative estimate of drug-likeness (QED) is 0.743. The Bertz CT molecular complexity index is 826. The Morgan fingerprint density at radius 2 is 1.75 bits per heavy atom. The maximum atomic E-state index is 4.65. The number of aromatic nitrogens is 3. The third-order valence-corrected chi connectivity index (χ3v) is 4.56. The lowest BCUT2D eigenvalue weighted by molar-refractivity contribution is 0.249. The molecule has 0 spiro atoms. The molecule has 0 amide bonds. The Morgan fingerprint density at radius 3 is 2.54 bits per heavy atom. The van der Waals surface area contributed by atoms with Crippen LogP contribution in [0.5, 0.6) is 0 Å². The van der Waals surface area contributed by atoms with Crippen LogP contribution in [0.3, 0.4) is 0 Å². The number of benzene rings is 1. The number of hydrogen-bond acceptors (Lipinski definition) is 5. The number of hydrogen-bond donors (Lipinski definition) is 0. The summed E-state index contributed by atoms with van der Waals surface area (Å²) in [7, 11) is 0. The van der Waals surface area contributed by atoms with Gasteiger partial charge in [0.2, 0.25) is 0 Å². The van der Waals surface area contributed by atoms with Crippen molar-refractivity contribution < 1.29 is 0 Å². The van der Waals surface area contributed by atoms with E-state index in [1.165, 1.54) is 16.6 Å². The van der Waals surface area contributed by atoms with E-state index in [0.29, 0.717) is 0 Å². The summed E-state index contributed by atoms with van der Waals surface area (Å²) in [6, 6.07) is 10.6. The van der Waals surface area contributed by atoms with Crippen LogP contribution in [0.15, 0.2) is 49.1 Å².